The zero-order valence-corrected chi connectivity index (χ0v) is 23.4. The number of aryl methyl sites for hydroxylation is 1. The van der Waals surface area contributed by atoms with Crippen LogP contribution < -0.4 is 0 Å². The van der Waals surface area contributed by atoms with E-state index >= 15 is 0 Å². The molecule has 0 radical (unpaired) electrons. The standard InChI is InChI=1S/C33H44O3/c1-8-10-27(28(9-2)31(35)16-22(6)34)17-24-18-30-29(26-13-11-25(12-14-26)20(3)4)15-21(5)23(7)33(30)32(36)19-24/h11-15,20,24,27-28H,8-10,16-19H2,1-7H3. The summed E-state index contributed by atoms with van der Waals surface area (Å²) in [6, 6.07) is 11.0. The summed E-state index contributed by atoms with van der Waals surface area (Å²) >= 11 is 0. The van der Waals surface area contributed by atoms with Crippen molar-refractivity contribution in [3.8, 4) is 11.1 Å². The minimum atomic E-state index is -0.104. The van der Waals surface area contributed by atoms with Gasteiger partial charge in [-0.15, -0.1) is 0 Å². The molecule has 0 bridgehead atoms. The highest BCUT2D eigenvalue weighted by molar-refractivity contribution is 6.02. The number of hydrogen-bond acceptors (Lipinski definition) is 3. The van der Waals surface area contributed by atoms with Crippen molar-refractivity contribution in [3.63, 3.8) is 0 Å². The van der Waals surface area contributed by atoms with Crippen LogP contribution in [0.5, 0.6) is 0 Å². The molecular weight excluding hydrogens is 444 g/mol. The normalized spacial score (nSPS) is 17.1. The van der Waals surface area contributed by atoms with Crippen LogP contribution in [0.1, 0.15) is 112 Å². The first-order chi connectivity index (χ1) is 17.1. The van der Waals surface area contributed by atoms with Gasteiger partial charge >= 0.3 is 0 Å². The van der Waals surface area contributed by atoms with E-state index in [-0.39, 0.29) is 41.5 Å². The van der Waals surface area contributed by atoms with Crippen LogP contribution in [-0.2, 0) is 16.0 Å². The summed E-state index contributed by atoms with van der Waals surface area (Å²) in [6.45, 7) is 14.3. The molecule has 3 heteroatoms. The summed E-state index contributed by atoms with van der Waals surface area (Å²) in [4.78, 5) is 38.1. The SMILES string of the molecule is CCCC(CC1CC(=O)c2c(C)c(C)cc(-c3ccc(C(C)C)cc3)c2C1)C(CC)C(=O)CC(C)=O. The first-order valence-electron chi connectivity index (χ1n) is 13.9. The van der Waals surface area contributed by atoms with Crippen LogP contribution in [-0.4, -0.2) is 17.3 Å². The molecule has 194 valence electrons. The Morgan fingerprint density at radius 1 is 1.03 bits per heavy atom. The van der Waals surface area contributed by atoms with E-state index in [1.165, 1.54) is 29.2 Å². The number of rotatable bonds is 11. The third-order valence-electron chi connectivity index (χ3n) is 8.23. The van der Waals surface area contributed by atoms with Gasteiger partial charge in [-0.25, -0.2) is 0 Å². The molecule has 0 aromatic heterocycles. The Morgan fingerprint density at radius 2 is 1.69 bits per heavy atom. The minimum absolute atomic E-state index is 0.0279. The lowest BCUT2D eigenvalue weighted by Gasteiger charge is -2.33. The number of carbonyl (C=O) groups excluding carboxylic acids is 3. The molecule has 3 rings (SSSR count). The molecule has 1 aliphatic carbocycles. The molecule has 3 unspecified atom stereocenters. The van der Waals surface area contributed by atoms with Gasteiger partial charge < -0.3 is 0 Å². The molecule has 0 amide bonds. The van der Waals surface area contributed by atoms with Crippen molar-refractivity contribution in [3.05, 3.63) is 58.1 Å². The fraction of sp³-hybridized carbons (Fsp3) is 0.545. The van der Waals surface area contributed by atoms with E-state index in [4.69, 9.17) is 0 Å². The fourth-order valence-corrected chi connectivity index (χ4v) is 6.24. The Kier molecular flexibility index (Phi) is 9.44. The van der Waals surface area contributed by atoms with E-state index in [1.807, 2.05) is 0 Å². The Balaban J connectivity index is 1.97. The van der Waals surface area contributed by atoms with Crippen LogP contribution in [0.2, 0.25) is 0 Å². The Bertz CT molecular complexity index is 1110. The maximum atomic E-state index is 13.5. The van der Waals surface area contributed by atoms with Crippen molar-refractivity contribution in [1.29, 1.82) is 0 Å². The van der Waals surface area contributed by atoms with E-state index in [2.05, 4.69) is 71.9 Å². The van der Waals surface area contributed by atoms with E-state index < -0.39 is 0 Å². The first-order valence-corrected chi connectivity index (χ1v) is 13.9. The molecule has 0 N–H and O–H groups in total. The lowest BCUT2D eigenvalue weighted by molar-refractivity contribution is -0.129. The number of Topliss-reactive ketones (excluding diaryl/α,β-unsaturated/α-hetero) is 3. The van der Waals surface area contributed by atoms with Gasteiger partial charge in [0.05, 0.1) is 6.42 Å². The van der Waals surface area contributed by atoms with Crippen LogP contribution in [0.4, 0.5) is 0 Å². The molecule has 0 heterocycles. The first kappa shape index (κ1) is 28.0. The maximum absolute atomic E-state index is 13.5. The van der Waals surface area contributed by atoms with E-state index in [9.17, 15) is 14.4 Å². The van der Waals surface area contributed by atoms with Crippen molar-refractivity contribution >= 4 is 17.3 Å². The average Bonchev–Trinajstić information content (AvgIpc) is 2.81. The summed E-state index contributed by atoms with van der Waals surface area (Å²) < 4.78 is 0. The number of hydrogen-bond donors (Lipinski definition) is 0. The minimum Gasteiger partial charge on any atom is -0.300 e. The molecule has 0 saturated carbocycles. The van der Waals surface area contributed by atoms with E-state index in [0.717, 1.165) is 48.8 Å². The van der Waals surface area contributed by atoms with Crippen molar-refractivity contribution < 1.29 is 14.4 Å². The largest absolute Gasteiger partial charge is 0.300 e. The van der Waals surface area contributed by atoms with Crippen molar-refractivity contribution in [2.75, 3.05) is 0 Å². The van der Waals surface area contributed by atoms with Crippen LogP contribution in [0.15, 0.2) is 30.3 Å². The summed E-state index contributed by atoms with van der Waals surface area (Å²) in [5, 5.41) is 0. The smallest absolute Gasteiger partial charge is 0.163 e. The van der Waals surface area contributed by atoms with Gasteiger partial charge in [-0.05, 0) is 91.2 Å². The van der Waals surface area contributed by atoms with Gasteiger partial charge in [-0.1, -0.05) is 70.9 Å². The molecular formula is C33H44O3. The Hall–Kier alpha value is -2.55. The van der Waals surface area contributed by atoms with Gasteiger partial charge in [-0.3, -0.25) is 14.4 Å². The van der Waals surface area contributed by atoms with Gasteiger partial charge in [-0.2, -0.15) is 0 Å². The van der Waals surface area contributed by atoms with Gasteiger partial charge in [0.25, 0.3) is 0 Å². The monoisotopic (exact) mass is 488 g/mol. The molecule has 2 aromatic rings. The van der Waals surface area contributed by atoms with Crippen molar-refractivity contribution in [2.24, 2.45) is 17.8 Å². The number of carbonyl (C=O) groups is 3. The Labute approximate surface area is 218 Å². The lowest BCUT2D eigenvalue weighted by Crippen LogP contribution is -2.30. The maximum Gasteiger partial charge on any atom is 0.163 e. The molecule has 0 spiro atoms. The van der Waals surface area contributed by atoms with Gasteiger partial charge in [0, 0.05) is 17.9 Å². The molecule has 2 aromatic carbocycles. The van der Waals surface area contributed by atoms with Gasteiger partial charge in [0.1, 0.15) is 11.6 Å². The third kappa shape index (κ3) is 6.22. The van der Waals surface area contributed by atoms with Crippen molar-refractivity contribution in [1.82, 2.24) is 0 Å². The topological polar surface area (TPSA) is 51.2 Å². The highest BCUT2D eigenvalue weighted by atomic mass is 16.1. The summed E-state index contributed by atoms with van der Waals surface area (Å²) in [6.07, 6.45) is 5.00. The summed E-state index contributed by atoms with van der Waals surface area (Å²) in [5.74, 6) is 1.06. The van der Waals surface area contributed by atoms with E-state index in [0.29, 0.717) is 12.3 Å². The second-order valence-corrected chi connectivity index (χ2v) is 11.3. The van der Waals surface area contributed by atoms with E-state index in [1.54, 1.807) is 0 Å². The molecule has 0 saturated heterocycles. The average molecular weight is 489 g/mol. The quantitative estimate of drug-likeness (QED) is 0.299. The molecule has 0 fully saturated rings. The zero-order chi connectivity index (χ0) is 26.6. The predicted molar refractivity (Wildman–Crippen MR) is 149 cm³/mol. The predicted octanol–water partition coefficient (Wildman–Crippen LogP) is 8.22. The van der Waals surface area contributed by atoms with Gasteiger partial charge in [0.15, 0.2) is 5.78 Å². The molecule has 3 atom stereocenters. The van der Waals surface area contributed by atoms with Crippen molar-refractivity contribution in [2.45, 2.75) is 99.3 Å². The Morgan fingerprint density at radius 3 is 2.25 bits per heavy atom. The molecule has 0 aliphatic heterocycles. The van der Waals surface area contributed by atoms with Gasteiger partial charge in [0.2, 0.25) is 0 Å². The summed E-state index contributed by atoms with van der Waals surface area (Å²) in [5.41, 5.74) is 8.01. The highest BCUT2D eigenvalue weighted by Crippen LogP contribution is 2.41. The molecule has 3 nitrogen and oxygen atoms in total. The third-order valence-corrected chi connectivity index (χ3v) is 8.23. The fourth-order valence-electron chi connectivity index (χ4n) is 6.24. The molecule has 36 heavy (non-hydrogen) atoms. The number of fused-ring (bicyclic) bond motifs is 1. The van der Waals surface area contributed by atoms with Crippen LogP contribution in [0, 0.1) is 31.6 Å². The molecule has 1 aliphatic rings. The second-order valence-electron chi connectivity index (χ2n) is 11.3. The second kappa shape index (κ2) is 12.1. The highest BCUT2D eigenvalue weighted by Gasteiger charge is 2.34. The summed E-state index contributed by atoms with van der Waals surface area (Å²) in [7, 11) is 0. The number of benzene rings is 2. The van der Waals surface area contributed by atoms with Crippen LogP contribution in [0.3, 0.4) is 0 Å². The van der Waals surface area contributed by atoms with Crippen LogP contribution in [0.25, 0.3) is 11.1 Å². The van der Waals surface area contributed by atoms with Crippen LogP contribution >= 0.6 is 0 Å². The lowest BCUT2D eigenvalue weighted by atomic mass is 9.70. The number of ketones is 3. The zero-order valence-electron chi connectivity index (χ0n) is 23.4.